The van der Waals surface area contributed by atoms with Crippen molar-refractivity contribution in [3.8, 4) is 11.5 Å². The maximum Gasteiger partial charge on any atom is 0.416 e. The third kappa shape index (κ3) is 3.95. The molecule has 10 nitrogen and oxygen atoms in total. The van der Waals surface area contributed by atoms with E-state index < -0.39 is 23.7 Å². The summed E-state index contributed by atoms with van der Waals surface area (Å²) in [6.45, 7) is 1.67. The summed E-state index contributed by atoms with van der Waals surface area (Å²) in [7, 11) is 0. The summed E-state index contributed by atoms with van der Waals surface area (Å²) in [6, 6.07) is 4.12. The number of hydrogen-bond donors (Lipinski definition) is 3. The first-order chi connectivity index (χ1) is 16.2. The average Bonchev–Trinajstić information content (AvgIpc) is 3.44. The smallest absolute Gasteiger partial charge is 0.358 e. The van der Waals surface area contributed by atoms with Gasteiger partial charge in [0.15, 0.2) is 11.6 Å². The van der Waals surface area contributed by atoms with Crippen LogP contribution in [0.25, 0.3) is 22.6 Å². The van der Waals surface area contributed by atoms with Crippen molar-refractivity contribution in [3.63, 3.8) is 0 Å². The van der Waals surface area contributed by atoms with Crippen LogP contribution < -0.4 is 10.6 Å². The lowest BCUT2D eigenvalue weighted by Crippen LogP contribution is -2.30. The number of H-pyrrole nitrogens is 1. The van der Waals surface area contributed by atoms with Gasteiger partial charge in [0.2, 0.25) is 5.91 Å². The van der Waals surface area contributed by atoms with E-state index in [0.717, 1.165) is 12.1 Å². The molecule has 0 radical (unpaired) electrons. The number of aromatic nitrogens is 5. The summed E-state index contributed by atoms with van der Waals surface area (Å²) >= 11 is 0. The van der Waals surface area contributed by atoms with Crippen LogP contribution in [0.2, 0.25) is 0 Å². The highest BCUT2D eigenvalue weighted by molar-refractivity contribution is 5.99. The molecule has 1 aromatic carbocycles. The highest BCUT2D eigenvalue weighted by Crippen LogP contribution is 2.32. The predicted octanol–water partition coefficient (Wildman–Crippen LogP) is 3.40. The summed E-state index contributed by atoms with van der Waals surface area (Å²) in [5.41, 5.74) is 0.715. The standard InChI is InChI=1S/C21H16F3N7O3/c1-9(27-20(33)17-11-3-5-16(32)30-18(11)26-8-25-17)15-7-14(31-34-15)19-28-12-4-2-10(21(22,23)24)6-13(12)29-19/h2,4,6-9H,3,5H2,1H3,(H,27,33)(H,28,29)(H,25,26,30,32)/t9-/m1/s1. The molecule has 0 bridgehead atoms. The lowest BCUT2D eigenvalue weighted by Gasteiger charge is -2.18. The summed E-state index contributed by atoms with van der Waals surface area (Å²) in [5, 5.41) is 9.29. The zero-order valence-corrected chi connectivity index (χ0v) is 17.5. The van der Waals surface area contributed by atoms with Crippen LogP contribution in [0.1, 0.15) is 46.8 Å². The summed E-state index contributed by atoms with van der Waals surface area (Å²) in [6.07, 6.45) is -2.71. The largest absolute Gasteiger partial charge is 0.416 e. The van der Waals surface area contributed by atoms with Gasteiger partial charge in [0.25, 0.3) is 5.91 Å². The quantitative estimate of drug-likeness (QED) is 0.415. The maximum atomic E-state index is 13.0. The van der Waals surface area contributed by atoms with E-state index in [1.807, 2.05) is 0 Å². The Hall–Kier alpha value is -4.29. The molecule has 0 saturated heterocycles. The fourth-order valence-corrected chi connectivity index (χ4v) is 3.63. The topological polar surface area (TPSA) is 139 Å². The summed E-state index contributed by atoms with van der Waals surface area (Å²) < 4.78 is 44.2. The van der Waals surface area contributed by atoms with Gasteiger partial charge in [-0.3, -0.25) is 9.59 Å². The number of anilines is 1. The highest BCUT2D eigenvalue weighted by Gasteiger charge is 2.31. The second kappa shape index (κ2) is 7.93. The number of aromatic amines is 1. The monoisotopic (exact) mass is 471 g/mol. The Morgan fingerprint density at radius 2 is 2.03 bits per heavy atom. The number of imidazole rings is 1. The number of carbonyl (C=O) groups is 2. The number of carbonyl (C=O) groups excluding carboxylic acids is 2. The Kier molecular flexibility index (Phi) is 5.03. The molecule has 4 aromatic rings. The highest BCUT2D eigenvalue weighted by atomic mass is 19.4. The van der Waals surface area contributed by atoms with Crippen molar-refractivity contribution in [1.82, 2.24) is 30.4 Å². The molecule has 0 unspecified atom stereocenters. The Morgan fingerprint density at radius 1 is 1.21 bits per heavy atom. The molecule has 2 amide bonds. The Balaban J connectivity index is 1.35. The van der Waals surface area contributed by atoms with E-state index in [0.29, 0.717) is 29.1 Å². The molecule has 174 valence electrons. The van der Waals surface area contributed by atoms with Crippen molar-refractivity contribution in [2.75, 3.05) is 5.32 Å². The first kappa shape index (κ1) is 21.6. The van der Waals surface area contributed by atoms with Gasteiger partial charge in [0, 0.05) is 18.1 Å². The molecular weight excluding hydrogens is 455 g/mol. The lowest BCUT2D eigenvalue weighted by molar-refractivity contribution is -0.137. The molecule has 5 rings (SSSR count). The number of benzene rings is 1. The van der Waals surface area contributed by atoms with E-state index >= 15 is 0 Å². The lowest BCUT2D eigenvalue weighted by atomic mass is 10.0. The van der Waals surface area contributed by atoms with Crippen molar-refractivity contribution >= 4 is 28.7 Å². The van der Waals surface area contributed by atoms with Gasteiger partial charge in [-0.25, -0.2) is 15.0 Å². The van der Waals surface area contributed by atoms with Gasteiger partial charge in [-0.15, -0.1) is 0 Å². The molecule has 4 heterocycles. The van der Waals surface area contributed by atoms with Crippen molar-refractivity contribution < 1.29 is 27.3 Å². The average molecular weight is 471 g/mol. The van der Waals surface area contributed by atoms with Crippen LogP contribution in [-0.2, 0) is 17.4 Å². The third-order valence-corrected chi connectivity index (χ3v) is 5.37. The minimum Gasteiger partial charge on any atom is -0.358 e. The van der Waals surface area contributed by atoms with Crippen LogP contribution in [-0.4, -0.2) is 36.9 Å². The van der Waals surface area contributed by atoms with Gasteiger partial charge in [0.1, 0.15) is 23.5 Å². The van der Waals surface area contributed by atoms with E-state index in [4.69, 9.17) is 4.52 Å². The van der Waals surface area contributed by atoms with E-state index in [-0.39, 0.29) is 35.1 Å². The molecule has 0 saturated carbocycles. The zero-order chi connectivity index (χ0) is 24.0. The van der Waals surface area contributed by atoms with E-state index in [2.05, 4.69) is 35.7 Å². The van der Waals surface area contributed by atoms with Gasteiger partial charge in [0.05, 0.1) is 22.6 Å². The second-order valence-electron chi connectivity index (χ2n) is 7.72. The number of amides is 2. The number of rotatable bonds is 4. The van der Waals surface area contributed by atoms with Crippen LogP contribution in [0.3, 0.4) is 0 Å². The molecule has 13 heteroatoms. The minimum atomic E-state index is -4.47. The first-order valence-corrected chi connectivity index (χ1v) is 10.2. The Labute approximate surface area is 189 Å². The normalized spacial score (nSPS) is 14.5. The van der Waals surface area contributed by atoms with Crippen molar-refractivity contribution in [2.45, 2.75) is 32.0 Å². The molecule has 34 heavy (non-hydrogen) atoms. The minimum absolute atomic E-state index is 0.148. The first-order valence-electron chi connectivity index (χ1n) is 10.2. The molecule has 1 aliphatic rings. The van der Waals surface area contributed by atoms with E-state index in [9.17, 15) is 22.8 Å². The van der Waals surface area contributed by atoms with Gasteiger partial charge < -0.3 is 20.1 Å². The third-order valence-electron chi connectivity index (χ3n) is 5.37. The van der Waals surface area contributed by atoms with Crippen LogP contribution >= 0.6 is 0 Å². The van der Waals surface area contributed by atoms with Gasteiger partial charge in [-0.1, -0.05) is 5.16 Å². The van der Waals surface area contributed by atoms with Crippen LogP contribution in [0, 0.1) is 0 Å². The van der Waals surface area contributed by atoms with Gasteiger partial charge >= 0.3 is 6.18 Å². The summed E-state index contributed by atoms with van der Waals surface area (Å²) in [4.78, 5) is 39.5. The number of fused-ring (bicyclic) bond motifs is 2. The number of hydrogen-bond acceptors (Lipinski definition) is 7. The fourth-order valence-electron chi connectivity index (χ4n) is 3.63. The number of alkyl halides is 3. The summed E-state index contributed by atoms with van der Waals surface area (Å²) in [5.74, 6) is 0.174. The Bertz CT molecular complexity index is 1430. The number of halogens is 3. The SMILES string of the molecule is C[C@@H](NC(=O)c1ncnc2c1CCC(=O)N2)c1cc(-c2nc3ccc(C(F)(F)F)cc3[nH]2)no1. The molecule has 3 aromatic heterocycles. The van der Waals surface area contributed by atoms with Crippen molar-refractivity contribution in [2.24, 2.45) is 0 Å². The molecule has 3 N–H and O–H groups in total. The van der Waals surface area contributed by atoms with Gasteiger partial charge in [-0.05, 0) is 31.5 Å². The van der Waals surface area contributed by atoms with E-state index in [1.54, 1.807) is 6.92 Å². The number of nitrogens with zero attached hydrogens (tertiary/aromatic N) is 4. The molecule has 1 aliphatic heterocycles. The zero-order valence-electron chi connectivity index (χ0n) is 17.5. The van der Waals surface area contributed by atoms with Gasteiger partial charge in [-0.2, -0.15) is 13.2 Å². The van der Waals surface area contributed by atoms with Crippen LogP contribution in [0.15, 0.2) is 35.1 Å². The van der Waals surface area contributed by atoms with Crippen LogP contribution in [0.5, 0.6) is 0 Å². The molecular formula is C21H16F3N7O3. The maximum absolute atomic E-state index is 13.0. The van der Waals surface area contributed by atoms with Crippen LogP contribution in [0.4, 0.5) is 19.0 Å². The predicted molar refractivity (Wildman–Crippen MR) is 111 cm³/mol. The fraction of sp³-hybridized carbons (Fsp3) is 0.238. The van der Waals surface area contributed by atoms with Crippen molar-refractivity contribution in [3.05, 3.63) is 53.2 Å². The second-order valence-corrected chi connectivity index (χ2v) is 7.72. The van der Waals surface area contributed by atoms with Crippen molar-refractivity contribution in [1.29, 1.82) is 0 Å². The van der Waals surface area contributed by atoms with E-state index in [1.165, 1.54) is 18.5 Å². The molecule has 0 spiro atoms. The molecule has 0 fully saturated rings. The Morgan fingerprint density at radius 3 is 2.82 bits per heavy atom. The molecule has 1 atom stereocenters. The molecule has 0 aliphatic carbocycles. The number of nitrogens with one attached hydrogen (secondary N) is 3.